The summed E-state index contributed by atoms with van der Waals surface area (Å²) in [4.78, 5) is 12.1. The molecule has 0 saturated carbocycles. The van der Waals surface area contributed by atoms with Gasteiger partial charge >= 0.3 is 5.97 Å². The Kier molecular flexibility index (Phi) is 6.66. The first kappa shape index (κ1) is 16.1. The highest BCUT2D eigenvalue weighted by molar-refractivity contribution is 5.89. The molecule has 1 aromatic rings. The van der Waals surface area contributed by atoms with E-state index in [2.05, 4.69) is 25.7 Å². The monoisotopic (exact) mass is 274 g/mol. The predicted molar refractivity (Wildman–Crippen MR) is 79.7 cm³/mol. The second-order valence-electron chi connectivity index (χ2n) is 4.93. The summed E-state index contributed by atoms with van der Waals surface area (Å²) in [7, 11) is 1.59. The lowest BCUT2D eigenvalue weighted by Gasteiger charge is -2.14. The van der Waals surface area contributed by atoms with Crippen LogP contribution < -0.4 is 4.74 Å². The molecule has 1 unspecified atom stereocenters. The van der Waals surface area contributed by atoms with Crippen molar-refractivity contribution in [3.05, 3.63) is 29.8 Å². The van der Waals surface area contributed by atoms with E-state index in [-0.39, 0.29) is 12.1 Å². The molecule has 0 amide bonds. The maximum absolute atomic E-state index is 12.1. The van der Waals surface area contributed by atoms with Gasteiger partial charge in [-0.2, -0.15) is 0 Å². The Bertz CT molecular complexity index is 477. The number of hydrogen-bond acceptors (Lipinski definition) is 3. The zero-order valence-electron chi connectivity index (χ0n) is 12.6. The summed E-state index contributed by atoms with van der Waals surface area (Å²) >= 11 is 0. The molecule has 0 radical (unpaired) electrons. The SMILES string of the molecule is CCC#CC(CC(C)C)OC(=O)c1ccc(OC)cc1. The summed E-state index contributed by atoms with van der Waals surface area (Å²) < 4.78 is 10.5. The topological polar surface area (TPSA) is 35.5 Å². The molecule has 0 bridgehead atoms. The summed E-state index contributed by atoms with van der Waals surface area (Å²) in [5.74, 6) is 6.78. The third kappa shape index (κ3) is 5.36. The molecule has 1 atom stereocenters. The molecule has 0 aliphatic carbocycles. The molecule has 0 aliphatic rings. The first-order valence-electron chi connectivity index (χ1n) is 6.90. The fourth-order valence-corrected chi connectivity index (χ4v) is 1.70. The zero-order chi connectivity index (χ0) is 15.0. The van der Waals surface area contributed by atoms with E-state index < -0.39 is 0 Å². The molecule has 0 fully saturated rings. The van der Waals surface area contributed by atoms with Crippen LogP contribution in [0.3, 0.4) is 0 Å². The normalized spacial score (nSPS) is 11.4. The van der Waals surface area contributed by atoms with Crippen molar-refractivity contribution in [2.75, 3.05) is 7.11 Å². The number of methoxy groups -OCH3 is 1. The van der Waals surface area contributed by atoms with Crippen molar-refractivity contribution in [3.8, 4) is 17.6 Å². The van der Waals surface area contributed by atoms with Crippen molar-refractivity contribution < 1.29 is 14.3 Å². The third-order valence-corrected chi connectivity index (χ3v) is 2.70. The maximum atomic E-state index is 12.1. The van der Waals surface area contributed by atoms with Crippen LogP contribution in [-0.2, 0) is 4.74 Å². The van der Waals surface area contributed by atoms with Crippen LogP contribution in [0, 0.1) is 17.8 Å². The van der Waals surface area contributed by atoms with Crippen LogP contribution in [0.5, 0.6) is 5.75 Å². The molecule has 0 aromatic heterocycles. The fraction of sp³-hybridized carbons (Fsp3) is 0.471. The van der Waals surface area contributed by atoms with Gasteiger partial charge in [0.05, 0.1) is 12.7 Å². The number of carbonyl (C=O) groups excluding carboxylic acids is 1. The number of rotatable bonds is 5. The van der Waals surface area contributed by atoms with E-state index in [1.807, 2.05) is 6.92 Å². The molecule has 3 nitrogen and oxygen atoms in total. The quantitative estimate of drug-likeness (QED) is 0.607. The largest absolute Gasteiger partial charge is 0.497 e. The van der Waals surface area contributed by atoms with Crippen LogP contribution in [0.25, 0.3) is 0 Å². The Morgan fingerprint density at radius 2 is 1.90 bits per heavy atom. The van der Waals surface area contributed by atoms with Gasteiger partial charge in [-0.25, -0.2) is 4.79 Å². The first-order chi connectivity index (χ1) is 9.56. The first-order valence-corrected chi connectivity index (χ1v) is 6.90. The van der Waals surface area contributed by atoms with Crippen molar-refractivity contribution in [3.63, 3.8) is 0 Å². The molecule has 1 aromatic carbocycles. The van der Waals surface area contributed by atoms with Crippen LogP contribution in [0.4, 0.5) is 0 Å². The molecule has 20 heavy (non-hydrogen) atoms. The van der Waals surface area contributed by atoms with Crippen molar-refractivity contribution in [1.82, 2.24) is 0 Å². The Hall–Kier alpha value is -1.95. The Morgan fingerprint density at radius 3 is 2.40 bits per heavy atom. The molecule has 1 rings (SSSR count). The molecule has 0 aliphatic heterocycles. The average Bonchev–Trinajstić information content (AvgIpc) is 2.44. The van der Waals surface area contributed by atoms with Gasteiger partial charge in [0.2, 0.25) is 0 Å². The Balaban J connectivity index is 2.73. The lowest BCUT2D eigenvalue weighted by atomic mass is 10.1. The Morgan fingerprint density at radius 1 is 1.25 bits per heavy atom. The van der Waals surface area contributed by atoms with Crippen molar-refractivity contribution in [2.45, 2.75) is 39.7 Å². The second-order valence-corrected chi connectivity index (χ2v) is 4.93. The van der Waals surface area contributed by atoms with E-state index >= 15 is 0 Å². The van der Waals surface area contributed by atoms with Crippen LogP contribution in [-0.4, -0.2) is 19.2 Å². The summed E-state index contributed by atoms with van der Waals surface area (Å²) in [6, 6.07) is 6.87. The zero-order valence-corrected chi connectivity index (χ0v) is 12.6. The van der Waals surface area contributed by atoms with Gasteiger partial charge in [0.15, 0.2) is 6.10 Å². The molecule has 3 heteroatoms. The summed E-state index contributed by atoms with van der Waals surface area (Å²) in [5, 5.41) is 0. The number of hydrogen-bond donors (Lipinski definition) is 0. The van der Waals surface area contributed by atoms with Crippen molar-refractivity contribution in [1.29, 1.82) is 0 Å². The smallest absolute Gasteiger partial charge is 0.339 e. The van der Waals surface area contributed by atoms with E-state index in [9.17, 15) is 4.79 Å². The highest BCUT2D eigenvalue weighted by Crippen LogP contribution is 2.14. The molecule has 0 saturated heterocycles. The van der Waals surface area contributed by atoms with Gasteiger partial charge in [-0.05, 0) is 36.6 Å². The van der Waals surface area contributed by atoms with Crippen molar-refractivity contribution >= 4 is 5.97 Å². The molecular weight excluding hydrogens is 252 g/mol. The minimum Gasteiger partial charge on any atom is -0.497 e. The summed E-state index contributed by atoms with van der Waals surface area (Å²) in [5.41, 5.74) is 0.512. The van der Waals surface area contributed by atoms with Crippen LogP contribution in [0.1, 0.15) is 44.0 Å². The van der Waals surface area contributed by atoms with Gasteiger partial charge in [0.1, 0.15) is 5.75 Å². The van der Waals surface area contributed by atoms with Gasteiger partial charge in [0.25, 0.3) is 0 Å². The number of ether oxygens (including phenoxy) is 2. The summed E-state index contributed by atoms with van der Waals surface area (Å²) in [6.07, 6.45) is 1.16. The molecule has 0 heterocycles. The predicted octanol–water partition coefficient (Wildman–Crippen LogP) is 3.68. The molecule has 108 valence electrons. The van der Waals surface area contributed by atoms with E-state index in [1.54, 1.807) is 31.4 Å². The van der Waals surface area contributed by atoms with Crippen LogP contribution >= 0.6 is 0 Å². The number of carbonyl (C=O) groups is 1. The van der Waals surface area contributed by atoms with Crippen LogP contribution in [0.2, 0.25) is 0 Å². The van der Waals surface area contributed by atoms with E-state index in [4.69, 9.17) is 9.47 Å². The van der Waals surface area contributed by atoms with Gasteiger partial charge in [-0.3, -0.25) is 0 Å². The third-order valence-electron chi connectivity index (χ3n) is 2.70. The van der Waals surface area contributed by atoms with Gasteiger partial charge in [-0.1, -0.05) is 32.6 Å². The molecular formula is C17H22O3. The molecule has 0 N–H and O–H groups in total. The lowest BCUT2D eigenvalue weighted by molar-refractivity contribution is 0.0377. The van der Waals surface area contributed by atoms with Crippen molar-refractivity contribution in [2.24, 2.45) is 5.92 Å². The minimum atomic E-state index is -0.344. The van der Waals surface area contributed by atoms with E-state index in [1.165, 1.54) is 0 Å². The highest BCUT2D eigenvalue weighted by atomic mass is 16.5. The van der Waals surface area contributed by atoms with E-state index in [0.29, 0.717) is 17.2 Å². The Labute approximate surface area is 121 Å². The average molecular weight is 274 g/mol. The lowest BCUT2D eigenvalue weighted by Crippen LogP contribution is -2.18. The maximum Gasteiger partial charge on any atom is 0.339 e. The van der Waals surface area contributed by atoms with E-state index in [0.717, 1.165) is 12.8 Å². The summed E-state index contributed by atoms with van der Waals surface area (Å²) in [6.45, 7) is 6.15. The second kappa shape index (κ2) is 8.27. The van der Waals surface area contributed by atoms with Gasteiger partial charge < -0.3 is 9.47 Å². The van der Waals surface area contributed by atoms with Crippen LogP contribution in [0.15, 0.2) is 24.3 Å². The fourth-order valence-electron chi connectivity index (χ4n) is 1.70. The number of esters is 1. The number of benzene rings is 1. The highest BCUT2D eigenvalue weighted by Gasteiger charge is 2.15. The van der Waals surface area contributed by atoms with Gasteiger partial charge in [0, 0.05) is 6.42 Å². The van der Waals surface area contributed by atoms with Gasteiger partial charge in [-0.15, -0.1) is 0 Å². The minimum absolute atomic E-state index is 0.343. The standard InChI is InChI=1S/C17H22O3/c1-5-6-7-16(12-13(2)3)20-17(18)14-8-10-15(19-4)11-9-14/h8-11,13,16H,5,12H2,1-4H3. The molecule has 0 spiro atoms.